The van der Waals surface area contributed by atoms with E-state index in [4.69, 9.17) is 9.47 Å². The molecule has 1 saturated heterocycles. The summed E-state index contributed by atoms with van der Waals surface area (Å²) < 4.78 is 24.4. The Morgan fingerprint density at radius 1 is 0.905 bits per heavy atom. The number of carbonyl (C=O) groups excluding carboxylic acids is 4. The van der Waals surface area contributed by atoms with Crippen molar-refractivity contribution < 1.29 is 33.0 Å². The largest absolute Gasteiger partial charge is 0.378 e. The smallest absolute Gasteiger partial charge is 0.318 e. The molecule has 0 radical (unpaired) electrons. The molecule has 1 aliphatic carbocycles. The maximum Gasteiger partial charge on any atom is 0.318 e. The third-order valence-corrected chi connectivity index (χ3v) is 7.56. The van der Waals surface area contributed by atoms with Crippen LogP contribution >= 0.6 is 0 Å². The van der Waals surface area contributed by atoms with Gasteiger partial charge in [0.05, 0.1) is 26.4 Å². The average Bonchev–Trinajstić information content (AvgIpc) is 3.02. The van der Waals surface area contributed by atoms with Crippen molar-refractivity contribution in [1.82, 2.24) is 15.5 Å². The van der Waals surface area contributed by atoms with Crippen molar-refractivity contribution in [2.45, 2.75) is 57.2 Å². The molecule has 1 heterocycles. The van der Waals surface area contributed by atoms with Gasteiger partial charge in [0.15, 0.2) is 0 Å². The number of halogens is 1. The van der Waals surface area contributed by atoms with Crippen molar-refractivity contribution in [3.8, 4) is 0 Å². The lowest BCUT2D eigenvalue weighted by Crippen LogP contribution is -2.57. The lowest BCUT2D eigenvalue weighted by Gasteiger charge is -2.31. The van der Waals surface area contributed by atoms with Gasteiger partial charge < -0.3 is 30.3 Å². The van der Waals surface area contributed by atoms with E-state index in [9.17, 15) is 23.6 Å². The molecule has 1 unspecified atom stereocenters. The second-order valence-corrected chi connectivity index (χ2v) is 10.7. The minimum Gasteiger partial charge on any atom is -0.378 e. The number of Topliss-reactive ketones (excluding diaryl/α,β-unsaturated/α-hetero) is 1. The first-order valence-electron chi connectivity index (χ1n) is 14.5. The first-order valence-corrected chi connectivity index (χ1v) is 14.5. The third-order valence-electron chi connectivity index (χ3n) is 7.56. The van der Waals surface area contributed by atoms with Crippen LogP contribution in [0.4, 0.5) is 14.9 Å². The standard InChI is InChI=1S/C31H39FN4O6/c32-24-11-13-25(14-12-24)33-30(39)28(37)27(21-42-20-23-9-5-2-6-10-23)34-29(38)26(19-22-7-3-1-4-8-22)35-31(40)36-15-17-41-18-16-36/h2,5-6,9-14,22,26-27H,1,3-4,7-8,15-21H2,(H,33,39)(H,34,38)(H,35,40)/t26-,27?/m1/s1. The highest BCUT2D eigenvalue weighted by atomic mass is 19.1. The molecule has 4 rings (SSSR count). The number of nitrogens with one attached hydrogen (secondary N) is 3. The molecule has 2 aliphatic rings. The predicted molar refractivity (Wildman–Crippen MR) is 154 cm³/mol. The number of benzene rings is 2. The molecule has 1 aliphatic heterocycles. The summed E-state index contributed by atoms with van der Waals surface area (Å²) in [6, 6.07) is 11.7. The van der Waals surface area contributed by atoms with Crippen molar-refractivity contribution in [1.29, 1.82) is 0 Å². The second-order valence-electron chi connectivity index (χ2n) is 10.7. The molecule has 1 saturated carbocycles. The molecule has 0 spiro atoms. The first kappa shape index (κ1) is 31.1. The monoisotopic (exact) mass is 582 g/mol. The molecule has 2 fully saturated rings. The molecule has 2 atom stereocenters. The van der Waals surface area contributed by atoms with Crippen LogP contribution < -0.4 is 16.0 Å². The number of urea groups is 1. The topological polar surface area (TPSA) is 126 Å². The summed E-state index contributed by atoms with van der Waals surface area (Å²) in [6.45, 7) is 1.59. The fraction of sp³-hybridized carbons (Fsp3) is 0.484. The van der Waals surface area contributed by atoms with Gasteiger partial charge in [0.2, 0.25) is 11.7 Å². The molecule has 10 nitrogen and oxygen atoms in total. The van der Waals surface area contributed by atoms with Crippen molar-refractivity contribution in [3.63, 3.8) is 0 Å². The number of hydrogen-bond donors (Lipinski definition) is 3. The lowest BCUT2D eigenvalue weighted by atomic mass is 9.84. The zero-order chi connectivity index (χ0) is 29.7. The van der Waals surface area contributed by atoms with Crippen LogP contribution in [0.3, 0.4) is 0 Å². The summed E-state index contributed by atoms with van der Waals surface area (Å²) in [5.41, 5.74) is 1.09. The predicted octanol–water partition coefficient (Wildman–Crippen LogP) is 3.42. The Kier molecular flexibility index (Phi) is 11.8. The van der Waals surface area contributed by atoms with Gasteiger partial charge in [-0.3, -0.25) is 14.4 Å². The van der Waals surface area contributed by atoms with E-state index >= 15 is 0 Å². The van der Waals surface area contributed by atoms with Gasteiger partial charge >= 0.3 is 6.03 Å². The van der Waals surface area contributed by atoms with E-state index in [0.29, 0.717) is 32.7 Å². The van der Waals surface area contributed by atoms with E-state index in [2.05, 4.69) is 16.0 Å². The summed E-state index contributed by atoms with van der Waals surface area (Å²) in [5, 5.41) is 8.00. The van der Waals surface area contributed by atoms with Gasteiger partial charge in [0, 0.05) is 18.8 Å². The summed E-state index contributed by atoms with van der Waals surface area (Å²) in [7, 11) is 0. The minimum atomic E-state index is -1.31. The molecule has 2 aromatic rings. The van der Waals surface area contributed by atoms with Gasteiger partial charge in [-0.25, -0.2) is 9.18 Å². The van der Waals surface area contributed by atoms with E-state index in [-0.39, 0.29) is 30.9 Å². The summed E-state index contributed by atoms with van der Waals surface area (Å²) in [4.78, 5) is 54.4. The number of ketones is 1. The third kappa shape index (κ3) is 9.63. The van der Waals surface area contributed by atoms with Crippen LogP contribution in [0.1, 0.15) is 44.1 Å². The second kappa shape index (κ2) is 16.0. The molecule has 0 aromatic heterocycles. The number of hydrogen-bond acceptors (Lipinski definition) is 6. The Morgan fingerprint density at radius 3 is 2.29 bits per heavy atom. The fourth-order valence-electron chi connectivity index (χ4n) is 5.20. The molecule has 0 bridgehead atoms. The molecule has 2 aromatic carbocycles. The highest BCUT2D eigenvalue weighted by Crippen LogP contribution is 2.27. The van der Waals surface area contributed by atoms with Gasteiger partial charge in [-0.1, -0.05) is 62.4 Å². The van der Waals surface area contributed by atoms with Crippen LogP contribution in [-0.4, -0.2) is 73.5 Å². The lowest BCUT2D eigenvalue weighted by molar-refractivity contribution is -0.139. The average molecular weight is 583 g/mol. The molecule has 11 heteroatoms. The van der Waals surface area contributed by atoms with Crippen molar-refractivity contribution in [2.75, 3.05) is 38.2 Å². The highest BCUT2D eigenvalue weighted by molar-refractivity contribution is 6.42. The van der Waals surface area contributed by atoms with Crippen molar-refractivity contribution in [2.24, 2.45) is 5.92 Å². The van der Waals surface area contributed by atoms with Gasteiger partial charge in [0.25, 0.3) is 5.91 Å². The first-order chi connectivity index (χ1) is 20.4. The number of amides is 4. The molecule has 226 valence electrons. The van der Waals surface area contributed by atoms with Crippen LogP contribution in [0, 0.1) is 11.7 Å². The van der Waals surface area contributed by atoms with Gasteiger partial charge in [-0.2, -0.15) is 0 Å². The Balaban J connectivity index is 1.46. The van der Waals surface area contributed by atoms with Crippen LogP contribution in [0.5, 0.6) is 0 Å². The molecule has 4 amide bonds. The van der Waals surface area contributed by atoms with Crippen LogP contribution in [0.15, 0.2) is 54.6 Å². The van der Waals surface area contributed by atoms with Crippen LogP contribution in [0.2, 0.25) is 0 Å². The van der Waals surface area contributed by atoms with Gasteiger partial charge in [-0.15, -0.1) is 0 Å². The van der Waals surface area contributed by atoms with Crippen molar-refractivity contribution in [3.05, 3.63) is 66.0 Å². The summed E-state index contributed by atoms with van der Waals surface area (Å²) in [6.07, 6.45) is 5.62. The summed E-state index contributed by atoms with van der Waals surface area (Å²) >= 11 is 0. The van der Waals surface area contributed by atoms with Crippen LogP contribution in [-0.2, 0) is 30.5 Å². The maximum atomic E-state index is 13.7. The molecular formula is C31H39FN4O6. The van der Waals surface area contributed by atoms with Gasteiger partial charge in [0.1, 0.15) is 17.9 Å². The van der Waals surface area contributed by atoms with Gasteiger partial charge in [-0.05, 0) is 42.2 Å². The zero-order valence-corrected chi connectivity index (χ0v) is 23.7. The number of rotatable bonds is 12. The van der Waals surface area contributed by atoms with E-state index in [1.54, 1.807) is 4.90 Å². The summed E-state index contributed by atoms with van der Waals surface area (Å²) in [5.74, 6) is -2.68. The SMILES string of the molecule is O=C(Nc1ccc(F)cc1)C(=O)C(COCc1ccccc1)NC(=O)[C@@H](CC1CCCCC1)NC(=O)N1CCOCC1. The molecule has 42 heavy (non-hydrogen) atoms. The number of anilines is 1. The van der Waals surface area contributed by atoms with E-state index < -0.39 is 35.5 Å². The quantitative estimate of drug-likeness (QED) is 0.330. The van der Waals surface area contributed by atoms with E-state index in [0.717, 1.165) is 49.8 Å². The molecular weight excluding hydrogens is 543 g/mol. The molecule has 3 N–H and O–H groups in total. The fourth-order valence-corrected chi connectivity index (χ4v) is 5.20. The van der Waals surface area contributed by atoms with Crippen molar-refractivity contribution >= 4 is 29.3 Å². The Labute approximate surface area is 245 Å². The van der Waals surface area contributed by atoms with Crippen LogP contribution in [0.25, 0.3) is 0 Å². The number of ether oxygens (including phenoxy) is 2. The Hall–Kier alpha value is -3.83. The number of morpholine rings is 1. The van der Waals surface area contributed by atoms with E-state index in [1.165, 1.54) is 12.1 Å². The Morgan fingerprint density at radius 2 is 1.60 bits per heavy atom. The Bertz CT molecular complexity index is 1180. The number of carbonyl (C=O) groups is 4. The van der Waals surface area contributed by atoms with E-state index in [1.807, 2.05) is 30.3 Å². The highest BCUT2D eigenvalue weighted by Gasteiger charge is 2.33. The zero-order valence-electron chi connectivity index (χ0n) is 23.7. The normalized spacial score (nSPS) is 17.1. The maximum absolute atomic E-state index is 13.7. The number of nitrogens with zero attached hydrogens (tertiary/aromatic N) is 1. The minimum absolute atomic E-state index is 0.166.